The number of benzene rings is 1. The van der Waals surface area contributed by atoms with Crippen molar-refractivity contribution in [2.45, 2.75) is 45.8 Å². The zero-order valence-electron chi connectivity index (χ0n) is 14.3. The molecule has 0 saturated heterocycles. The van der Waals surface area contributed by atoms with Gasteiger partial charge in [0.25, 0.3) is 5.91 Å². The molecule has 3 rings (SSSR count). The molecule has 1 aliphatic rings. The molecule has 0 saturated carbocycles. The summed E-state index contributed by atoms with van der Waals surface area (Å²) in [6.07, 6.45) is 1.55. The van der Waals surface area contributed by atoms with Gasteiger partial charge in [0, 0.05) is 12.2 Å². The number of aromatic nitrogens is 3. The lowest BCUT2D eigenvalue weighted by Gasteiger charge is -2.24. The highest BCUT2D eigenvalue weighted by molar-refractivity contribution is 6.01. The number of nitrogens with one attached hydrogen (secondary N) is 1. The molecule has 2 aromatic rings. The van der Waals surface area contributed by atoms with E-state index in [2.05, 4.69) is 15.4 Å². The number of amides is 2. The van der Waals surface area contributed by atoms with E-state index in [0.29, 0.717) is 6.54 Å². The molecule has 126 valence electrons. The van der Waals surface area contributed by atoms with Gasteiger partial charge in [-0.2, -0.15) is 0 Å². The smallest absolute Gasteiger partial charge is 0.294 e. The first-order valence-corrected chi connectivity index (χ1v) is 7.89. The third-order valence-electron chi connectivity index (χ3n) is 4.09. The Bertz CT molecular complexity index is 790. The molecule has 1 aromatic carbocycles. The Hall–Kier alpha value is -2.70. The number of rotatable bonds is 1. The Morgan fingerprint density at radius 2 is 2.00 bits per heavy atom. The molecule has 7 nitrogen and oxygen atoms in total. The minimum absolute atomic E-state index is 0.101. The van der Waals surface area contributed by atoms with Crippen LogP contribution in [0.15, 0.2) is 30.6 Å². The van der Waals surface area contributed by atoms with E-state index in [1.54, 1.807) is 17.9 Å². The quantitative estimate of drug-likeness (QED) is 0.869. The summed E-state index contributed by atoms with van der Waals surface area (Å²) < 4.78 is 1.65. The van der Waals surface area contributed by atoms with Crippen LogP contribution >= 0.6 is 0 Å². The molecule has 7 heteroatoms. The van der Waals surface area contributed by atoms with Crippen LogP contribution in [0.3, 0.4) is 0 Å². The first kappa shape index (κ1) is 16.2. The van der Waals surface area contributed by atoms with Crippen molar-refractivity contribution < 1.29 is 9.59 Å². The first-order valence-electron chi connectivity index (χ1n) is 7.89. The number of carbonyl (C=O) groups is 2. The third kappa shape index (κ3) is 2.89. The average molecular weight is 327 g/mol. The zero-order valence-corrected chi connectivity index (χ0v) is 14.3. The van der Waals surface area contributed by atoms with Crippen molar-refractivity contribution >= 4 is 17.5 Å². The molecule has 1 unspecified atom stereocenters. The Balaban J connectivity index is 1.93. The monoisotopic (exact) mass is 327 g/mol. The van der Waals surface area contributed by atoms with Gasteiger partial charge in [0.2, 0.25) is 11.7 Å². The summed E-state index contributed by atoms with van der Waals surface area (Å²) in [5.41, 5.74) is 1.36. The highest BCUT2D eigenvalue weighted by atomic mass is 16.2. The van der Waals surface area contributed by atoms with Crippen LogP contribution in [0.25, 0.3) is 0 Å². The van der Waals surface area contributed by atoms with Crippen LogP contribution in [0, 0.1) is 0 Å². The molecule has 1 atom stereocenters. The molecule has 2 heterocycles. The minimum atomic E-state index is -0.605. The molecule has 1 aliphatic heterocycles. The molecule has 2 amide bonds. The largest absolute Gasteiger partial charge is 0.324 e. The molecule has 0 bridgehead atoms. The van der Waals surface area contributed by atoms with Gasteiger partial charge in [-0.3, -0.25) is 9.59 Å². The number of fused-ring (bicyclic) bond motifs is 1. The lowest BCUT2D eigenvalue weighted by molar-refractivity contribution is -0.120. The van der Waals surface area contributed by atoms with Gasteiger partial charge in [-0.15, -0.1) is 5.10 Å². The number of para-hydroxylation sites is 1. The lowest BCUT2D eigenvalue weighted by atomic mass is 10.1. The molecule has 1 aromatic heterocycles. The van der Waals surface area contributed by atoms with Gasteiger partial charge in [0.15, 0.2) is 0 Å². The molecule has 24 heavy (non-hydrogen) atoms. The van der Waals surface area contributed by atoms with Gasteiger partial charge in [-0.25, -0.2) is 9.67 Å². The maximum absolute atomic E-state index is 12.9. The Morgan fingerprint density at radius 1 is 1.29 bits per heavy atom. The van der Waals surface area contributed by atoms with Gasteiger partial charge in [0.1, 0.15) is 12.4 Å². The summed E-state index contributed by atoms with van der Waals surface area (Å²) in [7, 11) is 0. The fourth-order valence-corrected chi connectivity index (χ4v) is 2.54. The van der Waals surface area contributed by atoms with Crippen LogP contribution < -0.4 is 5.32 Å². The Kier molecular flexibility index (Phi) is 3.87. The van der Waals surface area contributed by atoms with Gasteiger partial charge in [-0.05, 0) is 39.3 Å². The molecule has 0 radical (unpaired) electrons. The van der Waals surface area contributed by atoms with Crippen molar-refractivity contribution in [3.05, 3.63) is 42.0 Å². The van der Waals surface area contributed by atoms with Gasteiger partial charge in [0.05, 0.1) is 5.54 Å². The standard InChI is InChI=1S/C17H21N5O2/c1-11-15(23)19-13-8-6-5-7-12(13)9-21(11)16(24)14-18-10-22(20-14)17(2,3)4/h5-8,10-11H,9H2,1-4H3,(H,19,23). The van der Waals surface area contributed by atoms with E-state index in [-0.39, 0.29) is 23.2 Å². The molecular weight excluding hydrogens is 306 g/mol. The van der Waals surface area contributed by atoms with E-state index in [1.165, 1.54) is 4.90 Å². The third-order valence-corrected chi connectivity index (χ3v) is 4.09. The van der Waals surface area contributed by atoms with Crippen molar-refractivity contribution in [2.24, 2.45) is 0 Å². The molecule has 0 aliphatic carbocycles. The summed E-state index contributed by atoms with van der Waals surface area (Å²) in [6, 6.07) is 6.87. The van der Waals surface area contributed by atoms with Crippen LogP contribution in [0.1, 0.15) is 43.9 Å². The Morgan fingerprint density at radius 3 is 2.67 bits per heavy atom. The SMILES string of the molecule is CC1C(=O)Nc2ccccc2CN1C(=O)c1ncn(C(C)(C)C)n1. The maximum atomic E-state index is 12.9. The maximum Gasteiger partial charge on any atom is 0.294 e. The second kappa shape index (κ2) is 5.74. The summed E-state index contributed by atoms with van der Waals surface area (Å²) >= 11 is 0. The van der Waals surface area contributed by atoms with Crippen molar-refractivity contribution in [3.8, 4) is 0 Å². The summed E-state index contributed by atoms with van der Waals surface area (Å²) in [4.78, 5) is 30.8. The van der Waals surface area contributed by atoms with Crippen molar-refractivity contribution in [2.75, 3.05) is 5.32 Å². The summed E-state index contributed by atoms with van der Waals surface area (Å²) in [6.45, 7) is 7.98. The highest BCUT2D eigenvalue weighted by Crippen LogP contribution is 2.24. The molecule has 0 fully saturated rings. The van der Waals surface area contributed by atoms with Crippen LogP contribution in [0.2, 0.25) is 0 Å². The van der Waals surface area contributed by atoms with Crippen molar-refractivity contribution in [1.82, 2.24) is 19.7 Å². The van der Waals surface area contributed by atoms with Gasteiger partial charge in [-0.1, -0.05) is 18.2 Å². The van der Waals surface area contributed by atoms with Gasteiger partial charge >= 0.3 is 0 Å². The number of hydrogen-bond donors (Lipinski definition) is 1. The predicted octanol–water partition coefficient (Wildman–Crippen LogP) is 2.02. The molecular formula is C17H21N5O2. The van der Waals surface area contributed by atoms with Crippen molar-refractivity contribution in [3.63, 3.8) is 0 Å². The minimum Gasteiger partial charge on any atom is -0.324 e. The highest BCUT2D eigenvalue weighted by Gasteiger charge is 2.32. The molecule has 1 N–H and O–H groups in total. The lowest BCUT2D eigenvalue weighted by Crippen LogP contribution is -2.43. The van der Waals surface area contributed by atoms with E-state index < -0.39 is 6.04 Å². The zero-order chi connectivity index (χ0) is 17.5. The van der Waals surface area contributed by atoms with E-state index in [9.17, 15) is 9.59 Å². The predicted molar refractivity (Wildman–Crippen MR) is 89.4 cm³/mol. The average Bonchev–Trinajstić information content (AvgIpc) is 2.98. The van der Waals surface area contributed by atoms with Crippen molar-refractivity contribution in [1.29, 1.82) is 0 Å². The van der Waals surface area contributed by atoms with Crippen LogP contribution in [0.5, 0.6) is 0 Å². The summed E-state index contributed by atoms with van der Waals surface area (Å²) in [5, 5.41) is 7.14. The number of nitrogens with zero attached hydrogens (tertiary/aromatic N) is 4. The van der Waals surface area contributed by atoms with E-state index >= 15 is 0 Å². The number of hydrogen-bond acceptors (Lipinski definition) is 4. The number of carbonyl (C=O) groups excluding carboxylic acids is 2. The normalized spacial score (nSPS) is 17.9. The fourth-order valence-electron chi connectivity index (χ4n) is 2.54. The second-order valence-corrected chi connectivity index (χ2v) is 6.94. The summed E-state index contributed by atoms with van der Waals surface area (Å²) in [5.74, 6) is -0.468. The van der Waals surface area contributed by atoms with Crippen LogP contribution in [-0.2, 0) is 16.9 Å². The van der Waals surface area contributed by atoms with Gasteiger partial charge < -0.3 is 10.2 Å². The second-order valence-electron chi connectivity index (χ2n) is 6.94. The first-order chi connectivity index (χ1) is 11.3. The Labute approximate surface area is 140 Å². The van der Waals surface area contributed by atoms with E-state index in [0.717, 1.165) is 11.3 Å². The van der Waals surface area contributed by atoms with E-state index in [4.69, 9.17) is 0 Å². The van der Waals surface area contributed by atoms with Crippen LogP contribution in [0.4, 0.5) is 5.69 Å². The van der Waals surface area contributed by atoms with E-state index in [1.807, 2.05) is 45.0 Å². The number of anilines is 1. The van der Waals surface area contributed by atoms with Crippen LogP contribution in [-0.4, -0.2) is 37.5 Å². The topological polar surface area (TPSA) is 80.1 Å². The fraction of sp³-hybridized carbons (Fsp3) is 0.412. The molecule has 0 spiro atoms.